The standard InChI is InChI=1S/C30H23N3O8S/c1-19-8-5-6-13-25(19)31-29(34)26-27(32(40-28(26)30(31)35)21-9-7-10-22(18-21)33(36)37)20-14-16-23(17-15-20)41-42(38,39)24-11-3-2-4-12-24/h2-18,26-28H,1H3/t26-,27-,28+/m0/s1. The second-order valence-corrected chi connectivity index (χ2v) is 11.4. The van der Waals surface area contributed by atoms with E-state index in [1.165, 1.54) is 47.5 Å². The lowest BCUT2D eigenvalue weighted by Gasteiger charge is -2.29. The van der Waals surface area contributed by atoms with Crippen LogP contribution in [-0.4, -0.2) is 31.3 Å². The van der Waals surface area contributed by atoms with E-state index in [1.54, 1.807) is 67.6 Å². The summed E-state index contributed by atoms with van der Waals surface area (Å²) in [6, 6.07) is 25.5. The van der Waals surface area contributed by atoms with Crippen LogP contribution < -0.4 is 14.1 Å². The van der Waals surface area contributed by atoms with Crippen LogP contribution in [-0.2, 0) is 24.5 Å². The Morgan fingerprint density at radius 1 is 0.857 bits per heavy atom. The zero-order valence-electron chi connectivity index (χ0n) is 22.1. The van der Waals surface area contributed by atoms with Gasteiger partial charge in [0.25, 0.3) is 11.6 Å². The minimum absolute atomic E-state index is 0.00989. The molecule has 212 valence electrons. The van der Waals surface area contributed by atoms with Crippen LogP contribution in [0.4, 0.5) is 17.1 Å². The summed E-state index contributed by atoms with van der Waals surface area (Å²) >= 11 is 0. The maximum absolute atomic E-state index is 13.9. The van der Waals surface area contributed by atoms with Gasteiger partial charge in [0.15, 0.2) is 6.10 Å². The monoisotopic (exact) mass is 585 g/mol. The number of hydroxylamine groups is 1. The first kappa shape index (κ1) is 27.1. The van der Waals surface area contributed by atoms with E-state index in [1.807, 2.05) is 0 Å². The lowest BCUT2D eigenvalue weighted by atomic mass is 9.90. The predicted molar refractivity (Wildman–Crippen MR) is 151 cm³/mol. The summed E-state index contributed by atoms with van der Waals surface area (Å²) in [7, 11) is -4.09. The van der Waals surface area contributed by atoms with Crippen molar-refractivity contribution in [2.24, 2.45) is 5.92 Å². The number of nitro benzene ring substituents is 1. The number of hydrogen-bond donors (Lipinski definition) is 0. The number of para-hydroxylation sites is 1. The van der Waals surface area contributed by atoms with Gasteiger partial charge in [-0.05, 0) is 54.4 Å². The third-order valence-corrected chi connectivity index (χ3v) is 8.49. The molecule has 0 aromatic heterocycles. The second-order valence-electron chi connectivity index (χ2n) is 9.82. The summed E-state index contributed by atoms with van der Waals surface area (Å²) in [6.45, 7) is 1.79. The predicted octanol–water partition coefficient (Wildman–Crippen LogP) is 4.72. The molecule has 2 amide bonds. The topological polar surface area (TPSA) is 136 Å². The summed E-state index contributed by atoms with van der Waals surface area (Å²) in [5.74, 6) is -1.98. The summed E-state index contributed by atoms with van der Waals surface area (Å²) in [5.41, 5.74) is 1.76. The van der Waals surface area contributed by atoms with Crippen molar-refractivity contribution < 1.29 is 32.0 Å². The Balaban J connectivity index is 1.38. The number of non-ortho nitro benzene ring substituents is 1. The summed E-state index contributed by atoms with van der Waals surface area (Å²) in [5, 5.41) is 12.8. The zero-order valence-corrected chi connectivity index (χ0v) is 22.9. The minimum Gasteiger partial charge on any atom is -0.379 e. The maximum atomic E-state index is 13.9. The largest absolute Gasteiger partial charge is 0.379 e. The molecule has 2 fully saturated rings. The van der Waals surface area contributed by atoms with Gasteiger partial charge in [0.2, 0.25) is 5.91 Å². The molecule has 0 N–H and O–H groups in total. The van der Waals surface area contributed by atoms with Gasteiger partial charge >= 0.3 is 10.1 Å². The van der Waals surface area contributed by atoms with Crippen LogP contribution in [0.15, 0.2) is 108 Å². The van der Waals surface area contributed by atoms with Gasteiger partial charge in [0.05, 0.1) is 22.3 Å². The van der Waals surface area contributed by atoms with Crippen molar-refractivity contribution in [3.8, 4) is 5.75 Å². The Hall–Kier alpha value is -5.07. The van der Waals surface area contributed by atoms with Crippen molar-refractivity contribution in [2.45, 2.75) is 24.0 Å². The van der Waals surface area contributed by atoms with Crippen molar-refractivity contribution in [1.82, 2.24) is 0 Å². The number of imide groups is 1. The number of rotatable bonds is 7. The van der Waals surface area contributed by atoms with Crippen molar-refractivity contribution in [3.63, 3.8) is 0 Å². The second kappa shape index (κ2) is 10.4. The number of benzene rings is 4. The minimum atomic E-state index is -4.09. The molecule has 4 aromatic rings. The van der Waals surface area contributed by atoms with Crippen LogP contribution in [0, 0.1) is 23.0 Å². The van der Waals surface area contributed by atoms with Crippen LogP contribution >= 0.6 is 0 Å². The van der Waals surface area contributed by atoms with E-state index >= 15 is 0 Å². The van der Waals surface area contributed by atoms with Gasteiger partial charge in [-0.3, -0.25) is 24.5 Å². The zero-order chi connectivity index (χ0) is 29.6. The van der Waals surface area contributed by atoms with Crippen molar-refractivity contribution >= 4 is 39.0 Å². The van der Waals surface area contributed by atoms with Gasteiger partial charge in [-0.1, -0.05) is 54.6 Å². The van der Waals surface area contributed by atoms with E-state index in [2.05, 4.69) is 0 Å². The van der Waals surface area contributed by atoms with Gasteiger partial charge in [0, 0.05) is 12.1 Å². The van der Waals surface area contributed by atoms with E-state index in [0.717, 1.165) is 10.5 Å². The number of nitrogens with zero attached hydrogens (tertiary/aromatic N) is 3. The highest BCUT2D eigenvalue weighted by molar-refractivity contribution is 7.87. The number of anilines is 2. The number of nitro groups is 1. The van der Waals surface area contributed by atoms with Gasteiger partial charge in [-0.2, -0.15) is 8.42 Å². The third kappa shape index (κ3) is 4.66. The average Bonchev–Trinajstić information content (AvgIpc) is 3.50. The van der Waals surface area contributed by atoms with Crippen LogP contribution in [0.25, 0.3) is 0 Å². The van der Waals surface area contributed by atoms with Crippen molar-refractivity contribution in [3.05, 3.63) is 124 Å². The number of aryl methyl sites for hydroxylation is 1. The van der Waals surface area contributed by atoms with E-state index in [4.69, 9.17) is 9.02 Å². The lowest BCUT2D eigenvalue weighted by Crippen LogP contribution is -2.37. The fourth-order valence-corrected chi connectivity index (χ4v) is 6.21. The smallest absolute Gasteiger partial charge is 0.339 e. The lowest BCUT2D eigenvalue weighted by molar-refractivity contribution is -0.384. The molecule has 6 rings (SSSR count). The SMILES string of the molecule is Cc1ccccc1N1C(=O)[C@@H]2[C@@H](ON(c3cccc([N+](=O)[O-])c3)[C@H]2c2ccc(OS(=O)(=O)c3ccccc3)cc2)C1=O. The van der Waals surface area contributed by atoms with E-state index in [0.29, 0.717) is 11.3 Å². The molecule has 2 aliphatic heterocycles. The first-order chi connectivity index (χ1) is 20.2. The quantitative estimate of drug-likeness (QED) is 0.131. The number of fused-ring (bicyclic) bond motifs is 1. The molecular weight excluding hydrogens is 562 g/mol. The molecule has 2 aliphatic rings. The van der Waals surface area contributed by atoms with Crippen LogP contribution in [0.1, 0.15) is 17.2 Å². The van der Waals surface area contributed by atoms with Crippen molar-refractivity contribution in [1.29, 1.82) is 0 Å². The van der Waals surface area contributed by atoms with Crippen molar-refractivity contribution in [2.75, 3.05) is 9.96 Å². The Bertz CT molecular complexity index is 1810. The maximum Gasteiger partial charge on any atom is 0.339 e. The molecule has 0 spiro atoms. The molecule has 0 aliphatic carbocycles. The molecule has 0 radical (unpaired) electrons. The van der Waals surface area contributed by atoms with Crippen LogP contribution in [0.2, 0.25) is 0 Å². The van der Waals surface area contributed by atoms with Gasteiger partial charge in [-0.25, -0.2) is 9.96 Å². The molecule has 0 bridgehead atoms. The molecule has 0 unspecified atom stereocenters. The van der Waals surface area contributed by atoms with E-state index in [-0.39, 0.29) is 22.0 Å². The van der Waals surface area contributed by atoms with E-state index < -0.39 is 44.9 Å². The van der Waals surface area contributed by atoms with Gasteiger partial charge in [-0.15, -0.1) is 0 Å². The van der Waals surface area contributed by atoms with Gasteiger partial charge < -0.3 is 4.18 Å². The fraction of sp³-hybridized carbons (Fsp3) is 0.133. The molecule has 0 saturated carbocycles. The number of carbonyl (C=O) groups is 2. The molecule has 3 atom stereocenters. The Morgan fingerprint density at radius 2 is 1.55 bits per heavy atom. The molecule has 2 saturated heterocycles. The summed E-state index contributed by atoms with van der Waals surface area (Å²) in [6.07, 6.45) is -1.18. The number of hydrogen-bond acceptors (Lipinski definition) is 9. The number of amides is 2. The highest BCUT2D eigenvalue weighted by atomic mass is 32.2. The third-order valence-electron chi connectivity index (χ3n) is 7.23. The fourth-order valence-electron chi connectivity index (χ4n) is 5.26. The highest BCUT2D eigenvalue weighted by Crippen LogP contribution is 2.48. The number of carbonyl (C=O) groups excluding carboxylic acids is 2. The Kier molecular flexibility index (Phi) is 6.71. The summed E-state index contributed by atoms with van der Waals surface area (Å²) < 4.78 is 30.7. The molecule has 4 aromatic carbocycles. The van der Waals surface area contributed by atoms with Crippen LogP contribution in [0.5, 0.6) is 5.75 Å². The van der Waals surface area contributed by atoms with Crippen LogP contribution in [0.3, 0.4) is 0 Å². The Labute approximate surface area is 240 Å². The van der Waals surface area contributed by atoms with E-state index in [9.17, 15) is 28.1 Å². The molecule has 42 heavy (non-hydrogen) atoms. The molecule has 11 nitrogen and oxygen atoms in total. The molecule has 2 heterocycles. The molecular formula is C30H23N3O8S. The summed E-state index contributed by atoms with van der Waals surface area (Å²) in [4.78, 5) is 45.6. The normalized spacial score (nSPS) is 20.1. The highest BCUT2D eigenvalue weighted by Gasteiger charge is 2.60. The first-order valence-corrected chi connectivity index (χ1v) is 14.3. The average molecular weight is 586 g/mol. The first-order valence-electron chi connectivity index (χ1n) is 12.9. The van der Waals surface area contributed by atoms with Gasteiger partial charge in [0.1, 0.15) is 16.6 Å². The Morgan fingerprint density at radius 3 is 2.24 bits per heavy atom. The molecule has 12 heteroatoms.